The maximum atomic E-state index is 6.01. The van der Waals surface area contributed by atoms with E-state index in [2.05, 4.69) is 4.90 Å². The fourth-order valence-electron chi connectivity index (χ4n) is 3.23. The molecule has 1 aliphatic heterocycles. The zero-order valence-electron chi connectivity index (χ0n) is 9.04. The molecule has 0 aromatic carbocycles. The van der Waals surface area contributed by atoms with E-state index in [1.807, 2.05) is 0 Å². The number of rotatable bonds is 3. The van der Waals surface area contributed by atoms with Gasteiger partial charge in [-0.2, -0.15) is 0 Å². The molecule has 14 heavy (non-hydrogen) atoms. The molecule has 1 atom stereocenters. The van der Waals surface area contributed by atoms with Gasteiger partial charge in [0.1, 0.15) is 0 Å². The molecule has 0 aromatic heterocycles. The van der Waals surface area contributed by atoms with E-state index in [0.717, 1.165) is 17.9 Å². The second-order valence-corrected chi connectivity index (χ2v) is 5.77. The lowest BCUT2D eigenvalue weighted by molar-refractivity contribution is 0.162. The summed E-state index contributed by atoms with van der Waals surface area (Å²) in [6.45, 7) is 3.84. The van der Waals surface area contributed by atoms with Crippen LogP contribution in [0.2, 0.25) is 0 Å². The summed E-state index contributed by atoms with van der Waals surface area (Å²) in [6.07, 6.45) is 8.60. The van der Waals surface area contributed by atoms with Crippen LogP contribution < -0.4 is 5.73 Å². The summed E-state index contributed by atoms with van der Waals surface area (Å²) in [5.41, 5.74) is 6.79. The molecule has 2 nitrogen and oxygen atoms in total. The Labute approximate surface area is 86.8 Å². The van der Waals surface area contributed by atoms with Crippen LogP contribution in [0.1, 0.15) is 38.5 Å². The second kappa shape index (κ2) is 3.21. The van der Waals surface area contributed by atoms with Crippen LogP contribution in [0.15, 0.2) is 0 Å². The van der Waals surface area contributed by atoms with Crippen LogP contribution in [-0.2, 0) is 0 Å². The molecule has 0 bridgehead atoms. The van der Waals surface area contributed by atoms with Gasteiger partial charge in [0.2, 0.25) is 0 Å². The van der Waals surface area contributed by atoms with Crippen molar-refractivity contribution in [1.82, 2.24) is 4.90 Å². The summed E-state index contributed by atoms with van der Waals surface area (Å²) in [5, 5.41) is 0. The zero-order valence-corrected chi connectivity index (χ0v) is 9.04. The van der Waals surface area contributed by atoms with Gasteiger partial charge in [0, 0.05) is 19.1 Å². The van der Waals surface area contributed by atoms with E-state index < -0.39 is 0 Å². The topological polar surface area (TPSA) is 29.3 Å². The van der Waals surface area contributed by atoms with E-state index >= 15 is 0 Å². The molecule has 3 rings (SSSR count). The van der Waals surface area contributed by atoms with E-state index in [1.165, 1.54) is 51.6 Å². The number of likely N-dealkylation sites (tertiary alicyclic amines) is 1. The Balaban J connectivity index is 1.55. The fraction of sp³-hybridized carbons (Fsp3) is 1.00. The summed E-state index contributed by atoms with van der Waals surface area (Å²) in [4.78, 5) is 2.64. The molecule has 2 saturated carbocycles. The molecule has 2 heteroatoms. The van der Waals surface area contributed by atoms with Crippen molar-refractivity contribution in [2.75, 3.05) is 19.6 Å². The lowest BCUT2D eigenvalue weighted by Crippen LogP contribution is -2.45. The van der Waals surface area contributed by atoms with Crippen LogP contribution in [0.5, 0.6) is 0 Å². The summed E-state index contributed by atoms with van der Waals surface area (Å²) < 4.78 is 0. The number of piperidine rings is 1. The molecule has 0 radical (unpaired) electrons. The first-order chi connectivity index (χ1) is 6.78. The highest BCUT2D eigenvalue weighted by Gasteiger charge is 2.54. The number of hydrogen-bond donors (Lipinski definition) is 1. The number of hydrogen-bond acceptors (Lipinski definition) is 2. The standard InChI is InChI=1S/C12H22N2/c13-11-2-1-7-14(8-11)9-12(5-6-12)10-3-4-10/h10-11H,1-9,13H2. The first-order valence-corrected chi connectivity index (χ1v) is 6.26. The molecule has 0 spiro atoms. The van der Waals surface area contributed by atoms with E-state index in [9.17, 15) is 0 Å². The first-order valence-electron chi connectivity index (χ1n) is 6.26. The van der Waals surface area contributed by atoms with Gasteiger partial charge in [-0.15, -0.1) is 0 Å². The normalized spacial score (nSPS) is 37.1. The minimum Gasteiger partial charge on any atom is -0.327 e. The predicted octanol–water partition coefficient (Wildman–Crippen LogP) is 1.60. The third kappa shape index (κ3) is 1.70. The Morgan fingerprint density at radius 3 is 2.57 bits per heavy atom. The van der Waals surface area contributed by atoms with Gasteiger partial charge in [-0.25, -0.2) is 0 Å². The van der Waals surface area contributed by atoms with E-state index in [-0.39, 0.29) is 0 Å². The Bertz CT molecular complexity index is 218. The van der Waals surface area contributed by atoms with Crippen LogP contribution in [0.25, 0.3) is 0 Å². The average Bonchev–Trinajstić information content (AvgIpc) is 2.99. The minimum absolute atomic E-state index is 0.457. The van der Waals surface area contributed by atoms with Crippen molar-refractivity contribution in [2.45, 2.75) is 44.6 Å². The minimum atomic E-state index is 0.457. The third-order valence-corrected chi connectivity index (χ3v) is 4.42. The Morgan fingerprint density at radius 1 is 1.21 bits per heavy atom. The summed E-state index contributed by atoms with van der Waals surface area (Å²) in [7, 11) is 0. The fourth-order valence-corrected chi connectivity index (χ4v) is 3.23. The average molecular weight is 194 g/mol. The van der Waals surface area contributed by atoms with Gasteiger partial charge in [-0.3, -0.25) is 0 Å². The molecule has 1 unspecified atom stereocenters. The van der Waals surface area contributed by atoms with Crippen molar-refractivity contribution in [1.29, 1.82) is 0 Å². The van der Waals surface area contributed by atoms with Crippen molar-refractivity contribution in [3.8, 4) is 0 Å². The SMILES string of the molecule is NC1CCCN(CC2(C3CC3)CC2)C1. The van der Waals surface area contributed by atoms with Crippen molar-refractivity contribution < 1.29 is 0 Å². The maximum Gasteiger partial charge on any atom is 0.0168 e. The van der Waals surface area contributed by atoms with Gasteiger partial charge in [-0.1, -0.05) is 0 Å². The van der Waals surface area contributed by atoms with Crippen molar-refractivity contribution in [3.63, 3.8) is 0 Å². The van der Waals surface area contributed by atoms with Gasteiger partial charge in [0.15, 0.2) is 0 Å². The summed E-state index contributed by atoms with van der Waals surface area (Å²) in [5.74, 6) is 1.10. The van der Waals surface area contributed by atoms with E-state index in [4.69, 9.17) is 5.73 Å². The first kappa shape index (κ1) is 9.17. The molecule has 1 saturated heterocycles. The largest absolute Gasteiger partial charge is 0.327 e. The maximum absolute atomic E-state index is 6.01. The number of nitrogens with zero attached hydrogens (tertiary/aromatic N) is 1. The van der Waals surface area contributed by atoms with Gasteiger partial charge in [-0.05, 0) is 56.4 Å². The Morgan fingerprint density at radius 2 is 2.00 bits per heavy atom. The van der Waals surface area contributed by atoms with Crippen molar-refractivity contribution >= 4 is 0 Å². The monoisotopic (exact) mass is 194 g/mol. The smallest absolute Gasteiger partial charge is 0.0168 e. The highest BCUT2D eigenvalue weighted by molar-refractivity contribution is 5.05. The lowest BCUT2D eigenvalue weighted by Gasteiger charge is -2.33. The van der Waals surface area contributed by atoms with Gasteiger partial charge in [0.25, 0.3) is 0 Å². The molecule has 2 aliphatic carbocycles. The predicted molar refractivity (Wildman–Crippen MR) is 58.0 cm³/mol. The molecule has 0 aromatic rings. The lowest BCUT2D eigenvalue weighted by atomic mass is 9.97. The van der Waals surface area contributed by atoms with Crippen LogP contribution in [0.3, 0.4) is 0 Å². The van der Waals surface area contributed by atoms with Crippen LogP contribution in [-0.4, -0.2) is 30.6 Å². The molecule has 3 fully saturated rings. The highest BCUT2D eigenvalue weighted by Crippen LogP contribution is 2.61. The van der Waals surface area contributed by atoms with E-state index in [0.29, 0.717) is 6.04 Å². The molecular weight excluding hydrogens is 172 g/mol. The third-order valence-electron chi connectivity index (χ3n) is 4.42. The van der Waals surface area contributed by atoms with Gasteiger partial charge < -0.3 is 10.6 Å². The van der Waals surface area contributed by atoms with Crippen molar-refractivity contribution in [2.24, 2.45) is 17.1 Å². The molecular formula is C12H22N2. The molecule has 1 heterocycles. The molecule has 80 valence electrons. The number of nitrogens with two attached hydrogens (primary N) is 1. The second-order valence-electron chi connectivity index (χ2n) is 5.77. The highest BCUT2D eigenvalue weighted by atomic mass is 15.2. The van der Waals surface area contributed by atoms with Gasteiger partial charge >= 0.3 is 0 Å². The zero-order chi connectivity index (χ0) is 9.60. The van der Waals surface area contributed by atoms with Crippen molar-refractivity contribution in [3.05, 3.63) is 0 Å². The molecule has 2 N–H and O–H groups in total. The summed E-state index contributed by atoms with van der Waals surface area (Å²) in [6, 6.07) is 0.457. The molecule has 0 amide bonds. The van der Waals surface area contributed by atoms with Gasteiger partial charge in [0.05, 0.1) is 0 Å². The Kier molecular flexibility index (Phi) is 2.10. The quantitative estimate of drug-likeness (QED) is 0.739. The Hall–Kier alpha value is -0.0800. The van der Waals surface area contributed by atoms with Crippen LogP contribution in [0, 0.1) is 11.3 Å². The van der Waals surface area contributed by atoms with Crippen LogP contribution >= 0.6 is 0 Å². The van der Waals surface area contributed by atoms with E-state index in [1.54, 1.807) is 0 Å². The summed E-state index contributed by atoms with van der Waals surface area (Å²) >= 11 is 0. The van der Waals surface area contributed by atoms with Crippen LogP contribution in [0.4, 0.5) is 0 Å². The molecule has 3 aliphatic rings.